The summed E-state index contributed by atoms with van der Waals surface area (Å²) in [5.41, 5.74) is 6.03. The van der Waals surface area contributed by atoms with Crippen molar-refractivity contribution in [3.05, 3.63) is 70.8 Å². The Hall–Kier alpha value is -2.17. The summed E-state index contributed by atoms with van der Waals surface area (Å²) >= 11 is 0. The van der Waals surface area contributed by atoms with Crippen molar-refractivity contribution in [1.82, 2.24) is 9.80 Å². The number of nitrogens with zero attached hydrogens (tertiary/aromatic N) is 2. The molecule has 0 aliphatic carbocycles. The maximum absolute atomic E-state index is 11.7. The summed E-state index contributed by atoms with van der Waals surface area (Å²) in [4.78, 5) is 16.5. The number of fused-ring (bicyclic) bond motifs is 1. The molecule has 2 aromatic rings. The molecule has 1 fully saturated rings. The average Bonchev–Trinajstić information content (AvgIpc) is 3.03. The first-order valence-corrected chi connectivity index (χ1v) is 12.9. The molecule has 2 aromatic carbocycles. The first-order chi connectivity index (χ1) is 16.2. The summed E-state index contributed by atoms with van der Waals surface area (Å²) in [6.07, 6.45) is 8.49. The average molecular weight is 449 g/mol. The number of rotatable bonds is 9. The zero-order valence-corrected chi connectivity index (χ0v) is 20.3. The Balaban J connectivity index is 1.19. The molecule has 0 aromatic heterocycles. The van der Waals surface area contributed by atoms with Gasteiger partial charge in [0.1, 0.15) is 0 Å². The molecule has 178 valence electrons. The van der Waals surface area contributed by atoms with Crippen molar-refractivity contribution < 1.29 is 9.53 Å². The van der Waals surface area contributed by atoms with E-state index in [0.29, 0.717) is 13.2 Å². The lowest BCUT2D eigenvalue weighted by Gasteiger charge is -2.31. The van der Waals surface area contributed by atoms with Gasteiger partial charge in [0.05, 0.1) is 13.2 Å². The van der Waals surface area contributed by atoms with Crippen LogP contribution < -0.4 is 0 Å². The fraction of sp³-hybridized carbons (Fsp3) is 0.552. The lowest BCUT2D eigenvalue weighted by Crippen LogP contribution is -2.38. The maximum Gasteiger partial charge on any atom is 0.320 e. The van der Waals surface area contributed by atoms with E-state index in [1.54, 1.807) is 11.1 Å². The van der Waals surface area contributed by atoms with Gasteiger partial charge in [-0.1, -0.05) is 55.0 Å². The second-order valence-electron chi connectivity index (χ2n) is 9.78. The van der Waals surface area contributed by atoms with E-state index in [2.05, 4.69) is 58.3 Å². The van der Waals surface area contributed by atoms with Crippen molar-refractivity contribution in [3.8, 4) is 0 Å². The number of hydrogen-bond donors (Lipinski definition) is 0. The first-order valence-electron chi connectivity index (χ1n) is 12.9. The molecule has 0 radical (unpaired) electrons. The highest BCUT2D eigenvalue weighted by Crippen LogP contribution is 2.24. The van der Waals surface area contributed by atoms with Crippen LogP contribution in [0.4, 0.5) is 0 Å². The monoisotopic (exact) mass is 448 g/mol. The molecule has 0 spiro atoms. The molecule has 0 amide bonds. The minimum atomic E-state index is -0.0812. The van der Waals surface area contributed by atoms with Crippen LogP contribution in [0.3, 0.4) is 0 Å². The summed E-state index contributed by atoms with van der Waals surface area (Å²) < 4.78 is 5.08. The van der Waals surface area contributed by atoms with Gasteiger partial charge >= 0.3 is 5.97 Å². The van der Waals surface area contributed by atoms with E-state index in [-0.39, 0.29) is 5.97 Å². The van der Waals surface area contributed by atoms with Gasteiger partial charge in [-0.2, -0.15) is 0 Å². The highest BCUT2D eigenvalue weighted by Gasteiger charge is 2.21. The highest BCUT2D eigenvalue weighted by atomic mass is 16.5. The molecule has 0 atom stereocenters. The Bertz CT molecular complexity index is 874. The molecule has 2 heterocycles. The Morgan fingerprint density at radius 2 is 1.67 bits per heavy atom. The van der Waals surface area contributed by atoms with Gasteiger partial charge in [0.25, 0.3) is 0 Å². The van der Waals surface area contributed by atoms with Crippen molar-refractivity contribution in [2.45, 2.75) is 58.4 Å². The van der Waals surface area contributed by atoms with Gasteiger partial charge in [-0.25, -0.2) is 0 Å². The normalized spacial score (nSPS) is 18.0. The fourth-order valence-corrected chi connectivity index (χ4v) is 5.40. The zero-order chi connectivity index (χ0) is 22.9. The molecule has 4 heteroatoms. The number of benzene rings is 2. The minimum absolute atomic E-state index is 0.0812. The Kier molecular flexibility index (Phi) is 8.96. The van der Waals surface area contributed by atoms with Crippen molar-refractivity contribution in [2.75, 3.05) is 39.3 Å². The molecule has 2 aliphatic heterocycles. The van der Waals surface area contributed by atoms with Crippen LogP contribution in [0.5, 0.6) is 0 Å². The highest BCUT2D eigenvalue weighted by molar-refractivity contribution is 5.71. The summed E-state index contributed by atoms with van der Waals surface area (Å²) in [7, 11) is 0. The van der Waals surface area contributed by atoms with Crippen molar-refractivity contribution in [3.63, 3.8) is 0 Å². The summed E-state index contributed by atoms with van der Waals surface area (Å²) in [6, 6.07) is 18.1. The molecule has 0 N–H and O–H groups in total. The van der Waals surface area contributed by atoms with Gasteiger partial charge in [0, 0.05) is 19.6 Å². The van der Waals surface area contributed by atoms with Crippen LogP contribution in [0.15, 0.2) is 48.5 Å². The van der Waals surface area contributed by atoms with Gasteiger partial charge in [-0.05, 0) is 86.7 Å². The number of ether oxygens (including phenoxy) is 1. The van der Waals surface area contributed by atoms with Crippen molar-refractivity contribution >= 4 is 5.97 Å². The van der Waals surface area contributed by atoms with Gasteiger partial charge in [-0.15, -0.1) is 0 Å². The van der Waals surface area contributed by atoms with Gasteiger partial charge in [0.15, 0.2) is 0 Å². The molecular formula is C29H40N2O2. The molecule has 0 bridgehead atoms. The van der Waals surface area contributed by atoms with Crippen LogP contribution in [-0.4, -0.2) is 55.1 Å². The van der Waals surface area contributed by atoms with Crippen LogP contribution in [0.2, 0.25) is 0 Å². The number of aryl methyl sites for hydroxylation is 1. The number of carbonyl (C=O) groups is 1. The number of hydrogen-bond acceptors (Lipinski definition) is 4. The number of carbonyl (C=O) groups excluding carboxylic acids is 1. The second kappa shape index (κ2) is 12.3. The van der Waals surface area contributed by atoms with Crippen molar-refractivity contribution in [2.24, 2.45) is 5.92 Å². The Morgan fingerprint density at radius 1 is 0.909 bits per heavy atom. The summed E-state index contributed by atoms with van der Waals surface area (Å²) in [6.45, 7) is 8.22. The lowest BCUT2D eigenvalue weighted by atomic mass is 9.90. The van der Waals surface area contributed by atoms with Crippen LogP contribution in [0.1, 0.15) is 54.9 Å². The lowest BCUT2D eigenvalue weighted by molar-refractivity contribution is -0.144. The molecule has 4 nitrogen and oxygen atoms in total. The predicted octanol–water partition coefficient (Wildman–Crippen LogP) is 4.89. The van der Waals surface area contributed by atoms with Crippen LogP contribution in [0.25, 0.3) is 0 Å². The predicted molar refractivity (Wildman–Crippen MR) is 134 cm³/mol. The fourth-order valence-electron chi connectivity index (χ4n) is 5.40. The summed E-state index contributed by atoms with van der Waals surface area (Å²) in [5.74, 6) is 0.721. The molecular weight excluding hydrogens is 408 g/mol. The number of likely N-dealkylation sites (tertiary alicyclic amines) is 1. The quantitative estimate of drug-likeness (QED) is 0.512. The minimum Gasteiger partial charge on any atom is -0.465 e. The Morgan fingerprint density at radius 3 is 2.42 bits per heavy atom. The molecule has 0 saturated carbocycles. The second-order valence-corrected chi connectivity index (χ2v) is 9.78. The summed E-state index contributed by atoms with van der Waals surface area (Å²) in [5, 5.41) is 0. The zero-order valence-electron chi connectivity index (χ0n) is 20.3. The van der Waals surface area contributed by atoms with E-state index in [1.807, 2.05) is 6.92 Å². The first kappa shape index (κ1) is 24.0. The third kappa shape index (κ3) is 7.41. The molecule has 1 saturated heterocycles. The maximum atomic E-state index is 11.7. The van der Waals surface area contributed by atoms with Crippen LogP contribution in [0, 0.1) is 5.92 Å². The number of piperidine rings is 1. The number of esters is 1. The van der Waals surface area contributed by atoms with Crippen molar-refractivity contribution in [1.29, 1.82) is 0 Å². The van der Waals surface area contributed by atoms with E-state index in [1.165, 1.54) is 43.2 Å². The van der Waals surface area contributed by atoms with Gasteiger partial charge in [0.2, 0.25) is 0 Å². The Labute approximate surface area is 199 Å². The molecule has 4 rings (SSSR count). The molecule has 0 unspecified atom stereocenters. The third-order valence-corrected chi connectivity index (χ3v) is 7.36. The van der Waals surface area contributed by atoms with Gasteiger partial charge < -0.3 is 4.74 Å². The third-order valence-electron chi connectivity index (χ3n) is 7.36. The van der Waals surface area contributed by atoms with E-state index in [4.69, 9.17) is 4.74 Å². The van der Waals surface area contributed by atoms with E-state index >= 15 is 0 Å². The van der Waals surface area contributed by atoms with E-state index < -0.39 is 0 Å². The van der Waals surface area contributed by atoms with E-state index in [0.717, 1.165) is 51.5 Å². The largest absolute Gasteiger partial charge is 0.465 e. The topological polar surface area (TPSA) is 32.8 Å². The molecule has 33 heavy (non-hydrogen) atoms. The smallest absolute Gasteiger partial charge is 0.320 e. The molecule has 2 aliphatic rings. The standard InChI is InChI=1S/C29H40N2O2/c1-2-33-29(32)23-31-17-13-24(14-18-31)9-6-10-25-11-12-27-15-19-30(20-16-28(27)21-25)22-26-7-4-3-5-8-26/h3-5,7-8,11-12,21,24H,2,6,9-10,13-20,22-23H2,1H3. The van der Waals surface area contributed by atoms with Gasteiger partial charge in [-0.3, -0.25) is 14.6 Å². The van der Waals surface area contributed by atoms with Crippen LogP contribution >= 0.6 is 0 Å². The van der Waals surface area contributed by atoms with Crippen LogP contribution in [-0.2, 0) is 35.3 Å². The SMILES string of the molecule is CCOC(=O)CN1CCC(CCCc2ccc3c(c2)CCN(Cc2ccccc2)CC3)CC1. The van der Waals surface area contributed by atoms with E-state index in [9.17, 15) is 4.79 Å².